The molecule has 7 nitrogen and oxygen atoms in total. The van der Waals surface area contributed by atoms with Crippen LogP contribution in [0.1, 0.15) is 79.1 Å². The third-order valence-corrected chi connectivity index (χ3v) is 8.57. The Morgan fingerprint density at radius 1 is 1.05 bits per heavy atom. The number of anilines is 1. The number of benzene rings is 1. The topological polar surface area (TPSA) is 68.9 Å². The van der Waals surface area contributed by atoms with Crippen molar-refractivity contribution < 1.29 is 5.11 Å². The van der Waals surface area contributed by atoms with E-state index in [1.807, 2.05) is 0 Å². The number of hydrogen-bond acceptors (Lipinski definition) is 6. The number of allylic oxidation sites excluding steroid dienone is 1. The van der Waals surface area contributed by atoms with E-state index in [1.165, 1.54) is 28.8 Å². The number of hydrogen-bond donors (Lipinski definition) is 2. The first kappa shape index (κ1) is 25.0. The van der Waals surface area contributed by atoms with Crippen LogP contribution in [-0.4, -0.2) is 56.9 Å². The average molecular weight is 513 g/mol. The predicted molar refractivity (Wildman–Crippen MR) is 153 cm³/mol. The number of aryl methyl sites for hydroxylation is 2. The molecule has 0 spiro atoms. The fraction of sp³-hybridized carbons (Fsp3) is 0.484. The van der Waals surface area contributed by atoms with Crippen molar-refractivity contribution in [3.63, 3.8) is 0 Å². The van der Waals surface area contributed by atoms with Crippen LogP contribution in [0.15, 0.2) is 49.2 Å². The van der Waals surface area contributed by atoms with Gasteiger partial charge in [-0.15, -0.1) is 0 Å². The summed E-state index contributed by atoms with van der Waals surface area (Å²) in [6, 6.07) is 11.3. The molecule has 200 valence electrons. The Labute approximate surface area is 225 Å². The van der Waals surface area contributed by atoms with Gasteiger partial charge in [0.05, 0.1) is 23.5 Å². The molecule has 38 heavy (non-hydrogen) atoms. The second kappa shape index (κ2) is 10.1. The highest BCUT2D eigenvalue weighted by Crippen LogP contribution is 2.38. The second-order valence-electron chi connectivity index (χ2n) is 11.5. The van der Waals surface area contributed by atoms with E-state index in [2.05, 4.69) is 77.0 Å². The Bertz CT molecular complexity index is 1370. The molecule has 0 saturated carbocycles. The van der Waals surface area contributed by atoms with E-state index in [1.54, 1.807) is 0 Å². The van der Waals surface area contributed by atoms with Crippen LogP contribution in [0.3, 0.4) is 0 Å². The average Bonchev–Trinajstić information content (AvgIpc) is 3.33. The lowest BCUT2D eigenvalue weighted by molar-refractivity contribution is 0.141. The first-order chi connectivity index (χ1) is 18.4. The number of aliphatic hydroxyl groups excluding tert-OH is 1. The lowest BCUT2D eigenvalue weighted by atomic mass is 9.93. The van der Waals surface area contributed by atoms with Crippen molar-refractivity contribution in [2.24, 2.45) is 0 Å². The number of β-amino-alcohol motifs (C(OH)–C–C–N with tert-alkyl or cyclic N) is 1. The first-order valence-corrected chi connectivity index (χ1v) is 14.2. The van der Waals surface area contributed by atoms with Crippen molar-refractivity contribution in [3.05, 3.63) is 77.3 Å². The van der Waals surface area contributed by atoms with Gasteiger partial charge in [-0.2, -0.15) is 5.10 Å². The van der Waals surface area contributed by atoms with Crippen LogP contribution in [0.2, 0.25) is 0 Å². The standard InChI is InChI=1S/C31H40N6O/c1-20-8-10-24-11-9-22(3)32-13-12-21(2)29-17-30(35-18-25(38)19-35)33-31-16-27(34-37(29)31)28-7-5-6-14-36(28)23(4)26(24)15-20/h8,10,15-17,21,25,28,32,38H,3-7,9,11-14,18-19H2,1-2H3/t21?,28-/m0/s1. The highest BCUT2D eigenvalue weighted by Gasteiger charge is 2.31. The molecule has 2 fully saturated rings. The Morgan fingerprint density at radius 3 is 2.71 bits per heavy atom. The van der Waals surface area contributed by atoms with Gasteiger partial charge in [-0.3, -0.25) is 0 Å². The summed E-state index contributed by atoms with van der Waals surface area (Å²) in [6.07, 6.45) is 5.94. The molecule has 0 amide bonds. The summed E-state index contributed by atoms with van der Waals surface area (Å²) in [7, 11) is 0. The Morgan fingerprint density at radius 2 is 1.89 bits per heavy atom. The van der Waals surface area contributed by atoms with E-state index in [4.69, 9.17) is 10.1 Å². The molecule has 3 aliphatic rings. The molecule has 0 aliphatic carbocycles. The molecule has 1 unspecified atom stereocenters. The van der Waals surface area contributed by atoms with Crippen LogP contribution >= 0.6 is 0 Å². The minimum Gasteiger partial charge on any atom is -0.389 e. The summed E-state index contributed by atoms with van der Waals surface area (Å²) < 4.78 is 2.06. The van der Waals surface area contributed by atoms with E-state index >= 15 is 0 Å². The zero-order valence-electron chi connectivity index (χ0n) is 22.8. The van der Waals surface area contributed by atoms with Crippen molar-refractivity contribution in [1.82, 2.24) is 24.8 Å². The van der Waals surface area contributed by atoms with Gasteiger partial charge < -0.3 is 20.2 Å². The van der Waals surface area contributed by atoms with Gasteiger partial charge in [0.15, 0.2) is 5.65 Å². The van der Waals surface area contributed by atoms with E-state index < -0.39 is 0 Å². The van der Waals surface area contributed by atoms with Crippen LogP contribution in [0.5, 0.6) is 0 Å². The molecular formula is C31H40N6O. The van der Waals surface area contributed by atoms with Gasteiger partial charge in [0.25, 0.3) is 0 Å². The second-order valence-corrected chi connectivity index (χ2v) is 11.5. The monoisotopic (exact) mass is 512 g/mol. The summed E-state index contributed by atoms with van der Waals surface area (Å²) >= 11 is 0. The lowest BCUT2D eigenvalue weighted by Gasteiger charge is -2.38. The van der Waals surface area contributed by atoms with Crippen LogP contribution < -0.4 is 10.2 Å². The zero-order chi connectivity index (χ0) is 26.4. The van der Waals surface area contributed by atoms with E-state index in [0.717, 1.165) is 73.7 Å². The van der Waals surface area contributed by atoms with Gasteiger partial charge >= 0.3 is 0 Å². The van der Waals surface area contributed by atoms with Crippen LogP contribution in [0, 0.1) is 6.92 Å². The fourth-order valence-electron chi connectivity index (χ4n) is 6.20. The molecule has 7 heteroatoms. The molecule has 0 radical (unpaired) electrons. The molecule has 2 aromatic heterocycles. The van der Waals surface area contributed by atoms with E-state index in [0.29, 0.717) is 13.1 Å². The van der Waals surface area contributed by atoms with Gasteiger partial charge in [0, 0.05) is 61.2 Å². The van der Waals surface area contributed by atoms with Gasteiger partial charge in [-0.05, 0) is 57.1 Å². The Hall–Kier alpha value is -3.32. The molecule has 1 aromatic carbocycles. The molecule has 2 atom stereocenters. The molecule has 3 aliphatic heterocycles. The number of piperidine rings is 1. The lowest BCUT2D eigenvalue weighted by Crippen LogP contribution is -2.51. The third-order valence-electron chi connectivity index (χ3n) is 8.57. The summed E-state index contributed by atoms with van der Waals surface area (Å²) in [5, 5.41) is 18.7. The van der Waals surface area contributed by atoms with Gasteiger partial charge in [-0.1, -0.05) is 37.8 Å². The predicted octanol–water partition coefficient (Wildman–Crippen LogP) is 4.96. The summed E-state index contributed by atoms with van der Waals surface area (Å²) in [4.78, 5) is 9.65. The van der Waals surface area contributed by atoms with Crippen molar-refractivity contribution >= 4 is 17.2 Å². The molecular weight excluding hydrogens is 472 g/mol. The maximum absolute atomic E-state index is 9.92. The number of aromatic nitrogens is 3. The number of nitrogens with zero attached hydrogens (tertiary/aromatic N) is 5. The largest absolute Gasteiger partial charge is 0.389 e. The number of rotatable bonds is 1. The SMILES string of the molecule is C=C1CCc2ccc(C)cc2C(=C)N2CCCC[C@H]2c2cc3nc(N4CC(O)C4)cc(n3n2)C(C)CCN1. The third kappa shape index (κ3) is 4.68. The Balaban J connectivity index is 1.46. The number of aliphatic hydroxyl groups is 1. The molecule has 5 heterocycles. The van der Waals surface area contributed by atoms with E-state index in [9.17, 15) is 5.11 Å². The minimum absolute atomic E-state index is 0.174. The quantitative estimate of drug-likeness (QED) is 0.480. The maximum atomic E-state index is 9.92. The first-order valence-electron chi connectivity index (χ1n) is 14.2. The van der Waals surface area contributed by atoms with Crippen molar-refractivity contribution in [2.45, 2.75) is 70.4 Å². The Kier molecular flexibility index (Phi) is 6.64. The summed E-state index contributed by atoms with van der Waals surface area (Å²) in [5.74, 6) is 1.22. The highest BCUT2D eigenvalue weighted by molar-refractivity contribution is 5.66. The van der Waals surface area contributed by atoms with E-state index in [-0.39, 0.29) is 18.1 Å². The minimum atomic E-state index is -0.271. The number of nitrogens with one attached hydrogen (secondary N) is 1. The van der Waals surface area contributed by atoms with Crippen LogP contribution in [0.4, 0.5) is 5.82 Å². The van der Waals surface area contributed by atoms with Gasteiger partial charge in [0.1, 0.15) is 5.82 Å². The summed E-state index contributed by atoms with van der Waals surface area (Å²) in [6.45, 7) is 16.5. The van der Waals surface area contributed by atoms with Crippen LogP contribution in [-0.2, 0) is 6.42 Å². The highest BCUT2D eigenvalue weighted by atomic mass is 16.3. The maximum Gasteiger partial charge on any atom is 0.158 e. The molecule has 2 bridgehead atoms. The van der Waals surface area contributed by atoms with Gasteiger partial charge in [0.2, 0.25) is 0 Å². The smallest absolute Gasteiger partial charge is 0.158 e. The van der Waals surface area contributed by atoms with Crippen molar-refractivity contribution in [1.29, 1.82) is 0 Å². The molecule has 3 aromatic rings. The van der Waals surface area contributed by atoms with Crippen molar-refractivity contribution in [2.75, 3.05) is 31.1 Å². The normalized spacial score (nSPS) is 23.2. The van der Waals surface area contributed by atoms with Crippen molar-refractivity contribution in [3.8, 4) is 0 Å². The number of fused-ring (bicyclic) bond motifs is 4. The summed E-state index contributed by atoms with van der Waals surface area (Å²) in [5.41, 5.74) is 9.11. The molecule has 2 saturated heterocycles. The molecule has 6 rings (SSSR count). The van der Waals surface area contributed by atoms with Gasteiger partial charge in [-0.25, -0.2) is 9.50 Å². The fourth-order valence-corrected chi connectivity index (χ4v) is 6.20. The molecule has 2 N–H and O–H groups in total. The zero-order valence-corrected chi connectivity index (χ0v) is 22.8. The van der Waals surface area contributed by atoms with Crippen LogP contribution in [0.25, 0.3) is 11.3 Å².